The lowest BCUT2D eigenvalue weighted by atomic mass is 9.97. The first-order valence-electron chi connectivity index (χ1n) is 5.16. The third-order valence-electron chi connectivity index (χ3n) is 2.26. The van der Waals surface area contributed by atoms with Gasteiger partial charge in [0, 0.05) is 6.26 Å². The Balaban J connectivity index is 2.68. The van der Waals surface area contributed by atoms with Crippen LogP contribution in [0.3, 0.4) is 0 Å². The second-order valence-electron chi connectivity index (χ2n) is 3.53. The van der Waals surface area contributed by atoms with Gasteiger partial charge < -0.3 is 4.74 Å². The van der Waals surface area contributed by atoms with Crippen LogP contribution >= 0.6 is 0 Å². The minimum Gasteiger partial charge on any atom is -0.452 e. The summed E-state index contributed by atoms with van der Waals surface area (Å²) in [4.78, 5) is 11.7. The molecule has 0 radical (unpaired) electrons. The van der Waals surface area contributed by atoms with E-state index in [1.165, 1.54) is 6.26 Å². The van der Waals surface area contributed by atoms with Crippen LogP contribution in [0.25, 0.3) is 0 Å². The fourth-order valence-electron chi connectivity index (χ4n) is 1.47. The molecule has 1 aromatic rings. The van der Waals surface area contributed by atoms with Crippen LogP contribution in [0.5, 0.6) is 0 Å². The Labute approximate surface area is 98.3 Å². The molecule has 0 heterocycles. The standard InChI is InChI=1S/C12H16O3S/c1-3-11(10-7-5-4-6-8-10)12(13)15-9-16(2)14/h4-8,11H,3,9H2,1-2H3. The molecule has 1 aromatic carbocycles. The summed E-state index contributed by atoms with van der Waals surface area (Å²) >= 11 is 0. The summed E-state index contributed by atoms with van der Waals surface area (Å²) in [5.74, 6) is -0.587. The van der Waals surface area contributed by atoms with Crippen molar-refractivity contribution in [1.82, 2.24) is 0 Å². The van der Waals surface area contributed by atoms with Gasteiger partial charge in [0.2, 0.25) is 0 Å². The van der Waals surface area contributed by atoms with Crippen molar-refractivity contribution in [3.63, 3.8) is 0 Å². The number of hydrogen-bond donors (Lipinski definition) is 0. The van der Waals surface area contributed by atoms with E-state index >= 15 is 0 Å². The highest BCUT2D eigenvalue weighted by molar-refractivity contribution is 7.84. The van der Waals surface area contributed by atoms with E-state index in [1.54, 1.807) is 0 Å². The van der Waals surface area contributed by atoms with Gasteiger partial charge in [-0.15, -0.1) is 0 Å². The first-order valence-corrected chi connectivity index (χ1v) is 6.89. The zero-order chi connectivity index (χ0) is 12.0. The van der Waals surface area contributed by atoms with Crippen LogP contribution in [-0.4, -0.2) is 22.4 Å². The normalized spacial score (nSPS) is 14.1. The predicted molar refractivity (Wildman–Crippen MR) is 64.5 cm³/mol. The average Bonchev–Trinajstić information content (AvgIpc) is 2.29. The minimum atomic E-state index is -1.10. The van der Waals surface area contributed by atoms with E-state index in [0.29, 0.717) is 6.42 Å². The van der Waals surface area contributed by atoms with Crippen LogP contribution < -0.4 is 0 Å². The van der Waals surface area contributed by atoms with Crippen LogP contribution in [0.2, 0.25) is 0 Å². The molecule has 3 nitrogen and oxygen atoms in total. The molecule has 0 aliphatic rings. The number of rotatable bonds is 5. The number of esters is 1. The number of benzene rings is 1. The van der Waals surface area contributed by atoms with Crippen molar-refractivity contribution >= 4 is 16.8 Å². The minimum absolute atomic E-state index is 0.0256. The topological polar surface area (TPSA) is 43.4 Å². The van der Waals surface area contributed by atoms with Gasteiger partial charge in [-0.05, 0) is 12.0 Å². The van der Waals surface area contributed by atoms with Gasteiger partial charge in [0.25, 0.3) is 0 Å². The fourth-order valence-corrected chi connectivity index (χ4v) is 1.75. The highest BCUT2D eigenvalue weighted by Crippen LogP contribution is 2.20. The van der Waals surface area contributed by atoms with Crippen molar-refractivity contribution in [2.24, 2.45) is 0 Å². The first-order chi connectivity index (χ1) is 7.65. The van der Waals surface area contributed by atoms with Gasteiger partial charge in [0.15, 0.2) is 5.94 Å². The van der Waals surface area contributed by atoms with Crippen LogP contribution in [0, 0.1) is 0 Å². The summed E-state index contributed by atoms with van der Waals surface area (Å²) in [6.07, 6.45) is 2.19. The van der Waals surface area contributed by atoms with Crippen molar-refractivity contribution in [1.29, 1.82) is 0 Å². The van der Waals surface area contributed by atoms with Crippen LogP contribution in [0.15, 0.2) is 30.3 Å². The molecule has 1 rings (SSSR count). The summed E-state index contributed by atoms with van der Waals surface area (Å²) in [5.41, 5.74) is 0.942. The van der Waals surface area contributed by atoms with E-state index in [-0.39, 0.29) is 17.8 Å². The second-order valence-corrected chi connectivity index (χ2v) is 4.91. The van der Waals surface area contributed by atoms with Gasteiger partial charge in [-0.1, -0.05) is 37.3 Å². The van der Waals surface area contributed by atoms with Gasteiger partial charge in [0.1, 0.15) is 0 Å². The van der Waals surface area contributed by atoms with Crippen LogP contribution in [0.1, 0.15) is 24.8 Å². The number of carbonyl (C=O) groups is 1. The highest BCUT2D eigenvalue weighted by atomic mass is 32.2. The molecule has 4 heteroatoms. The Morgan fingerprint density at radius 3 is 2.50 bits per heavy atom. The van der Waals surface area contributed by atoms with E-state index in [2.05, 4.69) is 0 Å². The molecule has 0 spiro atoms. The smallest absolute Gasteiger partial charge is 0.314 e. The number of ether oxygens (including phenoxy) is 1. The molecule has 0 fully saturated rings. The van der Waals surface area contributed by atoms with Crippen molar-refractivity contribution in [3.8, 4) is 0 Å². The van der Waals surface area contributed by atoms with Crippen molar-refractivity contribution < 1.29 is 13.7 Å². The molecule has 0 amide bonds. The van der Waals surface area contributed by atoms with Gasteiger partial charge in [-0.25, -0.2) is 0 Å². The third-order valence-corrected chi connectivity index (χ3v) is 2.71. The van der Waals surface area contributed by atoms with E-state index < -0.39 is 10.8 Å². The molecule has 0 aliphatic carbocycles. The zero-order valence-corrected chi connectivity index (χ0v) is 10.3. The van der Waals surface area contributed by atoms with Crippen molar-refractivity contribution in [2.75, 3.05) is 12.2 Å². The monoisotopic (exact) mass is 240 g/mol. The number of carbonyl (C=O) groups excluding carboxylic acids is 1. The summed E-state index contributed by atoms with van der Waals surface area (Å²) in [6.45, 7) is 1.93. The predicted octanol–water partition coefficient (Wildman–Crippen LogP) is 2.06. The van der Waals surface area contributed by atoms with Crippen molar-refractivity contribution in [3.05, 3.63) is 35.9 Å². The van der Waals surface area contributed by atoms with E-state index in [1.807, 2.05) is 37.3 Å². The summed E-state index contributed by atoms with van der Waals surface area (Å²) in [5, 5.41) is 0. The SMILES string of the molecule is CCC(C(=O)OCS(C)=O)c1ccccc1. The first kappa shape index (κ1) is 12.9. The lowest BCUT2D eigenvalue weighted by molar-refractivity contribution is -0.143. The Morgan fingerprint density at radius 1 is 1.38 bits per heavy atom. The molecular formula is C12H16O3S. The van der Waals surface area contributed by atoms with Gasteiger partial charge in [0.05, 0.1) is 16.7 Å². The summed E-state index contributed by atoms with van der Waals surface area (Å²) in [7, 11) is -1.10. The van der Waals surface area contributed by atoms with E-state index in [4.69, 9.17) is 4.74 Å². The Bertz CT molecular complexity index is 362. The largest absolute Gasteiger partial charge is 0.452 e. The Morgan fingerprint density at radius 2 is 2.00 bits per heavy atom. The van der Waals surface area contributed by atoms with E-state index in [9.17, 15) is 9.00 Å². The second kappa shape index (κ2) is 6.43. The zero-order valence-electron chi connectivity index (χ0n) is 9.51. The molecule has 88 valence electrons. The molecule has 2 atom stereocenters. The highest BCUT2D eigenvalue weighted by Gasteiger charge is 2.19. The fraction of sp³-hybridized carbons (Fsp3) is 0.417. The van der Waals surface area contributed by atoms with Gasteiger partial charge >= 0.3 is 5.97 Å². The van der Waals surface area contributed by atoms with Crippen LogP contribution in [0.4, 0.5) is 0 Å². The van der Waals surface area contributed by atoms with E-state index in [0.717, 1.165) is 5.56 Å². The molecule has 0 bridgehead atoms. The molecule has 0 N–H and O–H groups in total. The third kappa shape index (κ3) is 3.77. The maximum atomic E-state index is 11.7. The Hall–Kier alpha value is -1.16. The molecule has 16 heavy (non-hydrogen) atoms. The quantitative estimate of drug-likeness (QED) is 0.740. The van der Waals surface area contributed by atoms with Gasteiger partial charge in [-0.2, -0.15) is 0 Å². The van der Waals surface area contributed by atoms with Gasteiger partial charge in [-0.3, -0.25) is 9.00 Å². The lowest BCUT2D eigenvalue weighted by Crippen LogP contribution is -2.17. The maximum absolute atomic E-state index is 11.7. The molecule has 0 saturated heterocycles. The maximum Gasteiger partial charge on any atom is 0.314 e. The molecule has 0 aliphatic heterocycles. The molecule has 0 aromatic heterocycles. The van der Waals surface area contributed by atoms with Crippen molar-refractivity contribution in [2.45, 2.75) is 19.3 Å². The lowest BCUT2D eigenvalue weighted by Gasteiger charge is -2.13. The Kier molecular flexibility index (Phi) is 5.19. The molecular weight excluding hydrogens is 224 g/mol. The summed E-state index contributed by atoms with van der Waals surface area (Å²) in [6, 6.07) is 9.49. The number of hydrogen-bond acceptors (Lipinski definition) is 3. The van der Waals surface area contributed by atoms with Crippen LogP contribution in [-0.2, 0) is 20.3 Å². The summed E-state index contributed by atoms with van der Waals surface area (Å²) < 4.78 is 15.8. The molecule has 2 unspecified atom stereocenters. The average molecular weight is 240 g/mol. The molecule has 0 saturated carbocycles.